The van der Waals surface area contributed by atoms with Gasteiger partial charge < -0.3 is 10.6 Å². The normalized spacial score (nSPS) is 16.7. The standard InChI is InChI=1S/C10H16N4O2S2/c1-12-10(14-7-2-3-7)13-6-8-4-5-9(17-8)18(11,15)16/h4-5,7H,2-3,6H2,1H3,(H2,11,15,16)(H2,12,13,14). The van der Waals surface area contributed by atoms with Crippen LogP contribution >= 0.6 is 11.3 Å². The van der Waals surface area contributed by atoms with Crippen LogP contribution in [0.5, 0.6) is 0 Å². The number of hydrogen-bond donors (Lipinski definition) is 3. The molecule has 6 nitrogen and oxygen atoms in total. The fourth-order valence-electron chi connectivity index (χ4n) is 1.39. The average molecular weight is 288 g/mol. The Labute approximate surface area is 110 Å². The van der Waals surface area contributed by atoms with Crippen LogP contribution in [0.2, 0.25) is 0 Å². The smallest absolute Gasteiger partial charge is 0.247 e. The molecule has 0 bridgehead atoms. The van der Waals surface area contributed by atoms with E-state index in [2.05, 4.69) is 15.6 Å². The first-order chi connectivity index (χ1) is 8.49. The number of aliphatic imine (C=N–C) groups is 1. The first-order valence-corrected chi connectivity index (χ1v) is 7.94. The lowest BCUT2D eigenvalue weighted by atomic mass is 10.4. The van der Waals surface area contributed by atoms with E-state index in [-0.39, 0.29) is 4.21 Å². The highest BCUT2D eigenvalue weighted by atomic mass is 32.2. The van der Waals surface area contributed by atoms with Gasteiger partial charge in [-0.25, -0.2) is 13.6 Å². The van der Waals surface area contributed by atoms with Crippen molar-refractivity contribution in [3.8, 4) is 0 Å². The number of guanidine groups is 1. The van der Waals surface area contributed by atoms with Gasteiger partial charge >= 0.3 is 0 Å². The van der Waals surface area contributed by atoms with Gasteiger partial charge in [-0.2, -0.15) is 0 Å². The van der Waals surface area contributed by atoms with Gasteiger partial charge in [0.1, 0.15) is 4.21 Å². The van der Waals surface area contributed by atoms with Gasteiger partial charge in [0, 0.05) is 18.0 Å². The molecule has 0 atom stereocenters. The Morgan fingerprint density at radius 2 is 2.28 bits per heavy atom. The van der Waals surface area contributed by atoms with E-state index >= 15 is 0 Å². The van der Waals surface area contributed by atoms with Crippen molar-refractivity contribution >= 4 is 27.3 Å². The van der Waals surface area contributed by atoms with Gasteiger partial charge in [0.05, 0.1) is 6.54 Å². The molecule has 0 unspecified atom stereocenters. The summed E-state index contributed by atoms with van der Waals surface area (Å²) in [4.78, 5) is 5.00. The van der Waals surface area contributed by atoms with Crippen LogP contribution in [-0.2, 0) is 16.6 Å². The Kier molecular flexibility index (Phi) is 3.88. The largest absolute Gasteiger partial charge is 0.354 e. The van der Waals surface area contributed by atoms with E-state index in [9.17, 15) is 8.42 Å². The third-order valence-corrected chi connectivity index (χ3v) is 5.01. The van der Waals surface area contributed by atoms with Gasteiger partial charge in [0.25, 0.3) is 0 Å². The maximum absolute atomic E-state index is 11.1. The Hall–Kier alpha value is -1.12. The minimum absolute atomic E-state index is 0.185. The molecule has 0 aliphatic heterocycles. The van der Waals surface area contributed by atoms with Gasteiger partial charge in [0.2, 0.25) is 10.0 Å². The quantitative estimate of drug-likeness (QED) is 0.545. The molecule has 1 aliphatic carbocycles. The first kappa shape index (κ1) is 13.3. The maximum atomic E-state index is 11.1. The molecule has 1 aliphatic rings. The minimum Gasteiger partial charge on any atom is -0.354 e. The summed E-state index contributed by atoms with van der Waals surface area (Å²) < 4.78 is 22.4. The third kappa shape index (κ3) is 3.69. The van der Waals surface area contributed by atoms with Crippen LogP contribution < -0.4 is 15.8 Å². The summed E-state index contributed by atoms with van der Waals surface area (Å²) in [5.74, 6) is 0.739. The molecule has 2 rings (SSSR count). The summed E-state index contributed by atoms with van der Waals surface area (Å²) in [7, 11) is -1.88. The predicted octanol–water partition coefficient (Wildman–Crippen LogP) is 0.223. The second kappa shape index (κ2) is 5.25. The Morgan fingerprint density at radius 1 is 1.56 bits per heavy atom. The van der Waals surface area contributed by atoms with Crippen LogP contribution in [0.4, 0.5) is 0 Å². The van der Waals surface area contributed by atoms with Gasteiger partial charge in [-0.05, 0) is 25.0 Å². The number of sulfonamides is 1. The number of hydrogen-bond acceptors (Lipinski definition) is 4. The van der Waals surface area contributed by atoms with E-state index in [1.807, 2.05) is 0 Å². The third-order valence-electron chi connectivity index (χ3n) is 2.49. The minimum atomic E-state index is -3.59. The van der Waals surface area contributed by atoms with Crippen LogP contribution in [-0.4, -0.2) is 27.5 Å². The molecule has 4 N–H and O–H groups in total. The summed E-state index contributed by atoms with van der Waals surface area (Å²) in [6, 6.07) is 3.80. The van der Waals surface area contributed by atoms with Gasteiger partial charge in [-0.15, -0.1) is 11.3 Å². The molecule has 0 spiro atoms. The number of primary sulfonamides is 1. The molecule has 0 amide bonds. The molecule has 1 aromatic rings. The first-order valence-electron chi connectivity index (χ1n) is 5.58. The zero-order valence-electron chi connectivity index (χ0n) is 10.0. The summed E-state index contributed by atoms with van der Waals surface area (Å²) >= 11 is 1.17. The van der Waals surface area contributed by atoms with Gasteiger partial charge in [-0.3, -0.25) is 4.99 Å². The Balaban J connectivity index is 1.91. The van der Waals surface area contributed by atoms with Crippen LogP contribution in [0.3, 0.4) is 0 Å². The van der Waals surface area contributed by atoms with Crippen LogP contribution in [0.1, 0.15) is 17.7 Å². The fourth-order valence-corrected chi connectivity index (χ4v) is 3.11. The van der Waals surface area contributed by atoms with Crippen molar-refractivity contribution in [3.05, 3.63) is 17.0 Å². The lowest BCUT2D eigenvalue weighted by Gasteiger charge is -2.09. The SMILES string of the molecule is CN=C(NCc1ccc(S(N)(=O)=O)s1)NC1CC1. The number of nitrogens with zero attached hydrogens (tertiary/aromatic N) is 1. The van der Waals surface area contributed by atoms with E-state index in [0.29, 0.717) is 12.6 Å². The number of nitrogens with two attached hydrogens (primary N) is 1. The molecule has 0 aromatic carbocycles. The van der Waals surface area contributed by atoms with E-state index < -0.39 is 10.0 Å². The molecule has 100 valence electrons. The highest BCUT2D eigenvalue weighted by molar-refractivity contribution is 7.91. The van der Waals surface area contributed by atoms with Crippen molar-refractivity contribution in [2.75, 3.05) is 7.05 Å². The lowest BCUT2D eigenvalue weighted by molar-refractivity contribution is 0.600. The molecule has 8 heteroatoms. The monoisotopic (exact) mass is 288 g/mol. The Bertz CT molecular complexity index is 546. The Morgan fingerprint density at radius 3 is 2.78 bits per heavy atom. The van der Waals surface area contributed by atoms with E-state index in [0.717, 1.165) is 10.8 Å². The van der Waals surface area contributed by atoms with Crippen LogP contribution in [0, 0.1) is 0 Å². The van der Waals surface area contributed by atoms with Crippen LogP contribution in [0.25, 0.3) is 0 Å². The topological polar surface area (TPSA) is 96.6 Å². The van der Waals surface area contributed by atoms with Crippen molar-refractivity contribution in [2.24, 2.45) is 10.1 Å². The number of thiophene rings is 1. The molecule has 1 heterocycles. The van der Waals surface area contributed by atoms with Gasteiger partial charge in [-0.1, -0.05) is 0 Å². The molecule has 0 saturated heterocycles. The maximum Gasteiger partial charge on any atom is 0.247 e. The summed E-state index contributed by atoms with van der Waals surface area (Å²) in [5.41, 5.74) is 0. The molecule has 1 aromatic heterocycles. The number of nitrogens with one attached hydrogen (secondary N) is 2. The second-order valence-electron chi connectivity index (χ2n) is 4.11. The highest BCUT2D eigenvalue weighted by Crippen LogP contribution is 2.20. The van der Waals surface area contributed by atoms with Crippen molar-refractivity contribution in [1.82, 2.24) is 10.6 Å². The lowest BCUT2D eigenvalue weighted by Crippen LogP contribution is -2.37. The average Bonchev–Trinajstić information content (AvgIpc) is 2.97. The molecular weight excluding hydrogens is 272 g/mol. The molecular formula is C10H16N4O2S2. The van der Waals surface area contributed by atoms with Crippen molar-refractivity contribution < 1.29 is 8.42 Å². The van der Waals surface area contributed by atoms with Crippen LogP contribution in [0.15, 0.2) is 21.3 Å². The van der Waals surface area contributed by atoms with E-state index in [1.165, 1.54) is 30.2 Å². The molecule has 1 fully saturated rings. The van der Waals surface area contributed by atoms with E-state index in [4.69, 9.17) is 5.14 Å². The second-order valence-corrected chi connectivity index (χ2v) is 7.07. The number of rotatable bonds is 4. The zero-order chi connectivity index (χ0) is 13.2. The van der Waals surface area contributed by atoms with Crippen molar-refractivity contribution in [1.29, 1.82) is 0 Å². The predicted molar refractivity (Wildman–Crippen MR) is 72.0 cm³/mol. The van der Waals surface area contributed by atoms with Crippen molar-refractivity contribution in [2.45, 2.75) is 29.6 Å². The van der Waals surface area contributed by atoms with E-state index in [1.54, 1.807) is 13.1 Å². The van der Waals surface area contributed by atoms with Crippen molar-refractivity contribution in [3.63, 3.8) is 0 Å². The fraction of sp³-hybridized carbons (Fsp3) is 0.500. The summed E-state index contributed by atoms with van der Waals surface area (Å²) in [6.07, 6.45) is 2.35. The highest BCUT2D eigenvalue weighted by Gasteiger charge is 2.22. The summed E-state index contributed by atoms with van der Waals surface area (Å²) in [5, 5.41) is 11.4. The molecule has 0 radical (unpaired) electrons. The zero-order valence-corrected chi connectivity index (χ0v) is 11.6. The van der Waals surface area contributed by atoms with Gasteiger partial charge in [0.15, 0.2) is 5.96 Å². The molecule has 18 heavy (non-hydrogen) atoms. The molecule has 1 saturated carbocycles. The summed E-state index contributed by atoms with van der Waals surface area (Å²) in [6.45, 7) is 0.534.